The van der Waals surface area contributed by atoms with E-state index >= 15 is 0 Å². The van der Waals surface area contributed by atoms with Crippen LogP contribution in [0.25, 0.3) is 0 Å². The minimum atomic E-state index is -4.08. The third-order valence-electron chi connectivity index (χ3n) is 2.63. The van der Waals surface area contributed by atoms with Crippen LogP contribution in [0.4, 0.5) is 20.2 Å². The van der Waals surface area contributed by atoms with Gasteiger partial charge < -0.3 is 5.73 Å². The van der Waals surface area contributed by atoms with Crippen LogP contribution in [-0.2, 0) is 10.0 Å². The molecule has 2 rings (SSSR count). The Bertz CT molecular complexity index is 761. The van der Waals surface area contributed by atoms with Crippen LogP contribution in [0.3, 0.4) is 0 Å². The summed E-state index contributed by atoms with van der Waals surface area (Å²) in [7, 11) is -4.08. The summed E-state index contributed by atoms with van der Waals surface area (Å²) in [6, 6.07) is 6.96. The topological polar surface area (TPSA) is 72.2 Å². The van der Waals surface area contributed by atoms with E-state index in [0.29, 0.717) is 5.56 Å². The standard InChI is InChI=1S/C13H12F2N2O2S/c1-8-2-4-12(10(15)6-8)17-20(18,19)13-5-3-9(14)7-11(13)16/h2-7,17H,16H2,1H3. The van der Waals surface area contributed by atoms with Gasteiger partial charge in [-0.3, -0.25) is 4.72 Å². The Balaban J connectivity index is 2.41. The maximum atomic E-state index is 13.6. The van der Waals surface area contributed by atoms with Gasteiger partial charge in [-0.2, -0.15) is 0 Å². The second kappa shape index (κ2) is 5.09. The van der Waals surface area contributed by atoms with Crippen LogP contribution in [0.2, 0.25) is 0 Å². The molecule has 0 fully saturated rings. The maximum absolute atomic E-state index is 13.6. The Kier molecular flexibility index (Phi) is 3.63. The minimum Gasteiger partial charge on any atom is -0.398 e. The number of anilines is 2. The number of nitrogens with two attached hydrogens (primary N) is 1. The quantitative estimate of drug-likeness (QED) is 0.856. The first-order valence-corrected chi connectivity index (χ1v) is 7.12. The normalized spacial score (nSPS) is 11.3. The number of benzene rings is 2. The van der Waals surface area contributed by atoms with Gasteiger partial charge >= 0.3 is 0 Å². The van der Waals surface area contributed by atoms with Gasteiger partial charge in [0.2, 0.25) is 0 Å². The molecule has 0 amide bonds. The molecule has 0 saturated carbocycles. The van der Waals surface area contributed by atoms with Gasteiger partial charge in [-0.25, -0.2) is 17.2 Å². The fraction of sp³-hybridized carbons (Fsp3) is 0.0769. The summed E-state index contributed by atoms with van der Waals surface area (Å²) in [5.41, 5.74) is 5.69. The monoisotopic (exact) mass is 298 g/mol. The number of halogens is 2. The van der Waals surface area contributed by atoms with E-state index in [-0.39, 0.29) is 16.3 Å². The van der Waals surface area contributed by atoms with Crippen LogP contribution >= 0.6 is 0 Å². The molecule has 4 nitrogen and oxygen atoms in total. The Morgan fingerprint density at radius 1 is 1.10 bits per heavy atom. The second-order valence-electron chi connectivity index (χ2n) is 4.27. The van der Waals surface area contributed by atoms with Crippen molar-refractivity contribution in [2.75, 3.05) is 10.5 Å². The average Bonchev–Trinajstić information content (AvgIpc) is 2.32. The number of hydrogen-bond acceptors (Lipinski definition) is 3. The van der Waals surface area contributed by atoms with Crippen LogP contribution in [0, 0.1) is 18.6 Å². The highest BCUT2D eigenvalue weighted by Gasteiger charge is 2.19. The summed E-state index contributed by atoms with van der Waals surface area (Å²) in [5, 5.41) is 0. The van der Waals surface area contributed by atoms with Crippen molar-refractivity contribution in [1.82, 2.24) is 0 Å². The first-order chi connectivity index (χ1) is 9.29. The lowest BCUT2D eigenvalue weighted by atomic mass is 10.2. The van der Waals surface area contributed by atoms with Gasteiger partial charge in [0.1, 0.15) is 16.5 Å². The van der Waals surface area contributed by atoms with Gasteiger partial charge in [0, 0.05) is 0 Å². The number of hydrogen-bond donors (Lipinski definition) is 2. The van der Waals surface area contributed by atoms with E-state index in [1.807, 2.05) is 0 Å². The number of sulfonamides is 1. The van der Waals surface area contributed by atoms with E-state index in [2.05, 4.69) is 4.72 Å². The summed E-state index contributed by atoms with van der Waals surface area (Å²) >= 11 is 0. The van der Waals surface area contributed by atoms with E-state index in [4.69, 9.17) is 5.73 Å². The molecule has 2 aromatic carbocycles. The van der Waals surface area contributed by atoms with Gasteiger partial charge in [0.25, 0.3) is 10.0 Å². The van der Waals surface area contributed by atoms with Crippen LogP contribution < -0.4 is 10.5 Å². The van der Waals surface area contributed by atoms with E-state index in [9.17, 15) is 17.2 Å². The molecule has 0 aliphatic carbocycles. The molecule has 106 valence electrons. The highest BCUT2D eigenvalue weighted by molar-refractivity contribution is 7.92. The number of nitrogen functional groups attached to an aromatic ring is 1. The molecule has 0 heterocycles. The summed E-state index contributed by atoms with van der Waals surface area (Å²) in [6.07, 6.45) is 0. The molecule has 0 aliphatic rings. The van der Waals surface area contributed by atoms with E-state index < -0.39 is 21.7 Å². The lowest BCUT2D eigenvalue weighted by Gasteiger charge is -2.11. The second-order valence-corrected chi connectivity index (χ2v) is 5.92. The molecule has 0 aromatic heterocycles. The van der Waals surface area contributed by atoms with E-state index in [1.54, 1.807) is 13.0 Å². The lowest BCUT2D eigenvalue weighted by molar-refractivity contribution is 0.597. The number of aryl methyl sites for hydroxylation is 1. The molecule has 0 radical (unpaired) electrons. The third kappa shape index (κ3) is 2.88. The molecular formula is C13H12F2N2O2S. The van der Waals surface area contributed by atoms with Crippen molar-refractivity contribution in [3.05, 3.63) is 53.6 Å². The summed E-state index contributed by atoms with van der Waals surface area (Å²) < 4.78 is 52.8. The molecule has 0 aliphatic heterocycles. The fourth-order valence-corrected chi connectivity index (χ4v) is 2.85. The van der Waals surface area contributed by atoms with Crippen molar-refractivity contribution in [3.8, 4) is 0 Å². The van der Waals surface area contributed by atoms with Gasteiger partial charge in [0.05, 0.1) is 11.4 Å². The number of rotatable bonds is 3. The molecule has 0 spiro atoms. The van der Waals surface area contributed by atoms with Crippen molar-refractivity contribution >= 4 is 21.4 Å². The Morgan fingerprint density at radius 2 is 1.80 bits per heavy atom. The van der Waals surface area contributed by atoms with Gasteiger partial charge in [-0.15, -0.1) is 0 Å². The Labute approximate surface area is 115 Å². The Morgan fingerprint density at radius 3 is 2.40 bits per heavy atom. The predicted octanol–water partition coefficient (Wildman–Crippen LogP) is 2.66. The molecule has 0 saturated heterocycles. The summed E-state index contributed by atoms with van der Waals surface area (Å²) in [6.45, 7) is 1.68. The van der Waals surface area contributed by atoms with Crippen LogP contribution in [0.1, 0.15) is 5.56 Å². The van der Waals surface area contributed by atoms with Crippen LogP contribution in [-0.4, -0.2) is 8.42 Å². The van der Waals surface area contributed by atoms with Gasteiger partial charge in [-0.1, -0.05) is 6.07 Å². The first-order valence-electron chi connectivity index (χ1n) is 5.63. The molecular weight excluding hydrogens is 286 g/mol. The molecule has 3 N–H and O–H groups in total. The minimum absolute atomic E-state index is 0.195. The maximum Gasteiger partial charge on any atom is 0.264 e. The van der Waals surface area contributed by atoms with Crippen molar-refractivity contribution < 1.29 is 17.2 Å². The molecule has 0 atom stereocenters. The summed E-state index contributed by atoms with van der Waals surface area (Å²) in [5.74, 6) is -1.35. The first kappa shape index (κ1) is 14.3. The third-order valence-corrected chi connectivity index (χ3v) is 4.07. The molecule has 2 aromatic rings. The molecule has 7 heteroatoms. The highest BCUT2D eigenvalue weighted by Crippen LogP contribution is 2.24. The zero-order valence-corrected chi connectivity index (χ0v) is 11.3. The molecule has 0 bridgehead atoms. The zero-order chi connectivity index (χ0) is 14.9. The summed E-state index contributed by atoms with van der Waals surface area (Å²) in [4.78, 5) is -0.307. The van der Waals surface area contributed by atoms with Crippen molar-refractivity contribution in [2.24, 2.45) is 0 Å². The van der Waals surface area contributed by atoms with Gasteiger partial charge in [0.15, 0.2) is 0 Å². The van der Waals surface area contributed by atoms with Crippen molar-refractivity contribution in [3.63, 3.8) is 0 Å². The van der Waals surface area contributed by atoms with E-state index in [0.717, 1.165) is 18.2 Å². The zero-order valence-electron chi connectivity index (χ0n) is 10.5. The Hall–Kier alpha value is -2.15. The van der Waals surface area contributed by atoms with Crippen LogP contribution in [0.15, 0.2) is 41.3 Å². The largest absolute Gasteiger partial charge is 0.398 e. The van der Waals surface area contributed by atoms with Crippen LogP contribution in [0.5, 0.6) is 0 Å². The molecule has 20 heavy (non-hydrogen) atoms. The van der Waals surface area contributed by atoms with Crippen molar-refractivity contribution in [2.45, 2.75) is 11.8 Å². The fourth-order valence-electron chi connectivity index (χ4n) is 1.67. The predicted molar refractivity (Wildman–Crippen MR) is 72.8 cm³/mol. The van der Waals surface area contributed by atoms with Gasteiger partial charge in [-0.05, 0) is 42.8 Å². The average molecular weight is 298 g/mol. The van der Waals surface area contributed by atoms with Crippen molar-refractivity contribution in [1.29, 1.82) is 0 Å². The molecule has 0 unspecified atom stereocenters. The highest BCUT2D eigenvalue weighted by atomic mass is 32.2. The van der Waals surface area contributed by atoms with E-state index in [1.165, 1.54) is 12.1 Å². The SMILES string of the molecule is Cc1ccc(NS(=O)(=O)c2ccc(F)cc2N)c(F)c1. The number of nitrogens with one attached hydrogen (secondary N) is 1. The smallest absolute Gasteiger partial charge is 0.264 e. The lowest BCUT2D eigenvalue weighted by Crippen LogP contribution is -2.15.